The van der Waals surface area contributed by atoms with Crippen LogP contribution in [-0.2, 0) is 13.0 Å². The van der Waals surface area contributed by atoms with E-state index in [9.17, 15) is 0 Å². The van der Waals surface area contributed by atoms with Gasteiger partial charge in [0.15, 0.2) is 0 Å². The van der Waals surface area contributed by atoms with Gasteiger partial charge in [-0.25, -0.2) is 0 Å². The van der Waals surface area contributed by atoms with Crippen LogP contribution in [0.15, 0.2) is 5.38 Å². The molecule has 1 aliphatic carbocycles. The molecular weight excluding hydrogens is 178 g/mol. The van der Waals surface area contributed by atoms with Crippen LogP contribution in [0.25, 0.3) is 0 Å². The van der Waals surface area contributed by atoms with Gasteiger partial charge >= 0.3 is 0 Å². The number of nitrogens with two attached hydrogens (primary N) is 1. The van der Waals surface area contributed by atoms with E-state index in [0.29, 0.717) is 6.54 Å². The van der Waals surface area contributed by atoms with Crippen LogP contribution in [0.1, 0.15) is 42.2 Å². The largest absolute Gasteiger partial charge is 0.326 e. The molecule has 2 atom stereocenters. The summed E-state index contributed by atoms with van der Waals surface area (Å²) in [5, 5.41) is 2.25. The van der Waals surface area contributed by atoms with E-state index in [1.165, 1.54) is 18.4 Å². The van der Waals surface area contributed by atoms with Crippen molar-refractivity contribution in [1.82, 2.24) is 0 Å². The Hall–Kier alpha value is -0.340. The third-order valence-corrected chi connectivity index (χ3v) is 4.29. The minimum absolute atomic E-state index is 0.714. The lowest BCUT2D eigenvalue weighted by Crippen LogP contribution is -2.14. The first-order chi connectivity index (χ1) is 6.22. The molecule has 2 unspecified atom stereocenters. The zero-order chi connectivity index (χ0) is 9.42. The summed E-state index contributed by atoms with van der Waals surface area (Å²) in [4.78, 5) is 1.60. The summed E-state index contributed by atoms with van der Waals surface area (Å²) in [6.45, 7) is 5.40. The van der Waals surface area contributed by atoms with Crippen molar-refractivity contribution < 1.29 is 0 Å². The molecule has 0 amide bonds. The second-order valence-electron chi connectivity index (χ2n) is 4.25. The Kier molecular flexibility index (Phi) is 2.43. The predicted octanol–water partition coefficient (Wildman–Crippen LogP) is 2.89. The Balaban J connectivity index is 2.40. The molecule has 1 aromatic rings. The summed E-state index contributed by atoms with van der Waals surface area (Å²) in [5.74, 6) is 1.59. The molecule has 1 heterocycles. The smallest absolute Gasteiger partial charge is 0.0189 e. The van der Waals surface area contributed by atoms with Crippen LogP contribution in [0.3, 0.4) is 0 Å². The van der Waals surface area contributed by atoms with Crippen molar-refractivity contribution in [2.45, 2.75) is 39.2 Å². The number of hydrogen-bond donors (Lipinski definition) is 1. The second kappa shape index (κ2) is 3.43. The van der Waals surface area contributed by atoms with Crippen molar-refractivity contribution in [2.75, 3.05) is 0 Å². The molecule has 0 aliphatic heterocycles. The van der Waals surface area contributed by atoms with E-state index in [1.54, 1.807) is 10.4 Å². The third kappa shape index (κ3) is 1.53. The van der Waals surface area contributed by atoms with Crippen molar-refractivity contribution in [2.24, 2.45) is 11.7 Å². The highest BCUT2D eigenvalue weighted by Crippen LogP contribution is 2.39. The molecule has 0 bridgehead atoms. The van der Waals surface area contributed by atoms with Crippen LogP contribution in [0, 0.1) is 5.92 Å². The van der Waals surface area contributed by atoms with Crippen LogP contribution in [0.5, 0.6) is 0 Å². The zero-order valence-corrected chi connectivity index (χ0v) is 9.16. The lowest BCUT2D eigenvalue weighted by atomic mass is 9.82. The normalized spacial score (nSPS) is 27.3. The van der Waals surface area contributed by atoms with Gasteiger partial charge in [-0.2, -0.15) is 0 Å². The summed E-state index contributed by atoms with van der Waals surface area (Å²) in [6.07, 6.45) is 2.59. The predicted molar refractivity (Wildman–Crippen MR) is 58.1 cm³/mol. The monoisotopic (exact) mass is 195 g/mol. The van der Waals surface area contributed by atoms with E-state index in [-0.39, 0.29) is 0 Å². The third-order valence-electron chi connectivity index (χ3n) is 2.99. The van der Waals surface area contributed by atoms with Crippen molar-refractivity contribution in [1.29, 1.82) is 0 Å². The van der Waals surface area contributed by atoms with Crippen LogP contribution >= 0.6 is 11.3 Å². The molecule has 1 aliphatic rings. The maximum absolute atomic E-state index is 5.72. The molecule has 0 fully saturated rings. The molecule has 0 saturated heterocycles. The summed E-state index contributed by atoms with van der Waals surface area (Å²) >= 11 is 1.91. The van der Waals surface area contributed by atoms with Gasteiger partial charge in [-0.3, -0.25) is 0 Å². The van der Waals surface area contributed by atoms with Gasteiger partial charge in [0.05, 0.1) is 0 Å². The molecule has 2 heteroatoms. The Morgan fingerprint density at radius 2 is 2.31 bits per heavy atom. The molecule has 1 nitrogen and oxygen atoms in total. The van der Waals surface area contributed by atoms with Crippen molar-refractivity contribution in [3.05, 3.63) is 21.4 Å². The molecule has 0 radical (unpaired) electrons. The number of hydrogen-bond acceptors (Lipinski definition) is 2. The summed E-state index contributed by atoms with van der Waals surface area (Å²) in [7, 11) is 0. The molecule has 0 spiro atoms. The van der Waals surface area contributed by atoms with Crippen LogP contribution in [-0.4, -0.2) is 0 Å². The summed E-state index contributed by atoms with van der Waals surface area (Å²) in [6, 6.07) is 0. The first kappa shape index (κ1) is 9.22. The Labute approximate surface area is 84.0 Å². The number of thiophene rings is 1. The molecule has 2 rings (SSSR count). The van der Waals surface area contributed by atoms with E-state index in [2.05, 4.69) is 19.2 Å². The van der Waals surface area contributed by atoms with Gasteiger partial charge < -0.3 is 5.73 Å². The lowest BCUT2D eigenvalue weighted by molar-refractivity contribution is 0.454. The van der Waals surface area contributed by atoms with Gasteiger partial charge in [0.1, 0.15) is 0 Å². The molecule has 72 valence electrons. The van der Waals surface area contributed by atoms with E-state index in [1.807, 2.05) is 11.3 Å². The molecule has 0 saturated carbocycles. The fourth-order valence-corrected chi connectivity index (χ4v) is 3.59. The highest BCUT2D eigenvalue weighted by atomic mass is 32.1. The van der Waals surface area contributed by atoms with Gasteiger partial charge in [0, 0.05) is 11.4 Å². The van der Waals surface area contributed by atoms with E-state index < -0.39 is 0 Å². The maximum atomic E-state index is 5.72. The van der Waals surface area contributed by atoms with Gasteiger partial charge in [-0.05, 0) is 41.2 Å². The highest BCUT2D eigenvalue weighted by molar-refractivity contribution is 7.10. The van der Waals surface area contributed by atoms with Crippen LogP contribution in [0.4, 0.5) is 0 Å². The Morgan fingerprint density at radius 3 is 3.00 bits per heavy atom. The van der Waals surface area contributed by atoms with Crippen molar-refractivity contribution in [3.8, 4) is 0 Å². The van der Waals surface area contributed by atoms with E-state index >= 15 is 0 Å². The Bertz CT molecular complexity index is 303. The quantitative estimate of drug-likeness (QED) is 0.732. The topological polar surface area (TPSA) is 26.0 Å². The molecule has 13 heavy (non-hydrogen) atoms. The molecular formula is C11H17NS. The minimum Gasteiger partial charge on any atom is -0.326 e. The van der Waals surface area contributed by atoms with Gasteiger partial charge in [-0.1, -0.05) is 13.8 Å². The van der Waals surface area contributed by atoms with Crippen LogP contribution < -0.4 is 5.73 Å². The fraction of sp³-hybridized carbons (Fsp3) is 0.636. The van der Waals surface area contributed by atoms with Crippen molar-refractivity contribution >= 4 is 11.3 Å². The van der Waals surface area contributed by atoms with E-state index in [0.717, 1.165) is 11.8 Å². The van der Waals surface area contributed by atoms with E-state index in [4.69, 9.17) is 5.73 Å². The number of rotatable bonds is 1. The zero-order valence-electron chi connectivity index (χ0n) is 8.34. The maximum Gasteiger partial charge on any atom is 0.0189 e. The van der Waals surface area contributed by atoms with Crippen LogP contribution in [0.2, 0.25) is 0 Å². The average Bonchev–Trinajstić information content (AvgIpc) is 2.47. The SMILES string of the molecule is CC1Cc2c(CN)csc2C(C)C1. The summed E-state index contributed by atoms with van der Waals surface area (Å²) in [5.41, 5.74) is 8.67. The molecule has 2 N–H and O–H groups in total. The Morgan fingerprint density at radius 1 is 1.54 bits per heavy atom. The number of fused-ring (bicyclic) bond motifs is 1. The molecule has 0 aromatic carbocycles. The van der Waals surface area contributed by atoms with Gasteiger partial charge in [0.2, 0.25) is 0 Å². The first-order valence-corrected chi connectivity index (χ1v) is 5.89. The van der Waals surface area contributed by atoms with Gasteiger partial charge in [0.25, 0.3) is 0 Å². The second-order valence-corrected chi connectivity index (χ2v) is 5.17. The highest BCUT2D eigenvalue weighted by Gasteiger charge is 2.24. The standard InChI is InChI=1S/C11H17NS/c1-7-3-8(2)11-10(4-7)9(5-12)6-13-11/h6-8H,3-5,12H2,1-2H3. The summed E-state index contributed by atoms with van der Waals surface area (Å²) < 4.78 is 0. The van der Waals surface area contributed by atoms with Crippen molar-refractivity contribution in [3.63, 3.8) is 0 Å². The first-order valence-electron chi connectivity index (χ1n) is 5.01. The lowest BCUT2D eigenvalue weighted by Gasteiger charge is -2.24. The van der Waals surface area contributed by atoms with Gasteiger partial charge in [-0.15, -0.1) is 11.3 Å². The molecule has 1 aromatic heterocycles. The minimum atomic E-state index is 0.714. The average molecular weight is 195 g/mol. The fourth-order valence-electron chi connectivity index (χ4n) is 2.39.